The van der Waals surface area contributed by atoms with Gasteiger partial charge in [0.2, 0.25) is 5.91 Å². The van der Waals surface area contributed by atoms with Crippen LogP contribution in [0, 0.1) is 0 Å². The molecule has 19 heavy (non-hydrogen) atoms. The maximum absolute atomic E-state index is 11.4. The third-order valence-corrected chi connectivity index (χ3v) is 3.06. The Balaban J connectivity index is 2.52. The monoisotopic (exact) mass is 373 g/mol. The van der Waals surface area contributed by atoms with Gasteiger partial charge in [-0.2, -0.15) is 0 Å². The number of hydrogen-bond acceptors (Lipinski definition) is 4. The molecule has 0 saturated heterocycles. The molecule has 0 radical (unpaired) electrons. The van der Waals surface area contributed by atoms with Crippen molar-refractivity contribution in [1.82, 2.24) is 0 Å². The molecule has 1 heterocycles. The molecular weight excluding hydrogens is 365 g/mol. The number of aromatic carboxylic acids is 1. The highest BCUT2D eigenvalue weighted by molar-refractivity contribution is 14.1. The summed E-state index contributed by atoms with van der Waals surface area (Å²) in [6.45, 7) is 0. The Morgan fingerprint density at radius 2 is 2.05 bits per heavy atom. The van der Waals surface area contributed by atoms with E-state index in [1.165, 1.54) is 12.1 Å². The molecule has 0 aliphatic heterocycles. The normalized spacial score (nSPS) is 10.4. The number of fused-ring (bicyclic) bond motifs is 1. The molecule has 0 bridgehead atoms. The van der Waals surface area contributed by atoms with Gasteiger partial charge in [0, 0.05) is 11.1 Å². The predicted molar refractivity (Wildman–Crippen MR) is 77.0 cm³/mol. The number of halogens is 1. The first kappa shape index (κ1) is 13.5. The minimum atomic E-state index is -1.35. The lowest BCUT2D eigenvalue weighted by Crippen LogP contribution is -2.14. The van der Waals surface area contributed by atoms with Crippen molar-refractivity contribution in [3.05, 3.63) is 40.2 Å². The van der Waals surface area contributed by atoms with E-state index in [2.05, 4.69) is 5.32 Å². The van der Waals surface area contributed by atoms with E-state index in [9.17, 15) is 14.4 Å². The van der Waals surface area contributed by atoms with Crippen LogP contribution in [0.4, 0.5) is 5.69 Å². The minimum Gasteiger partial charge on any atom is -0.477 e. The first-order chi connectivity index (χ1) is 9.01. The molecule has 2 N–H and O–H groups in total. The number of carboxylic acids is 1. The predicted octanol–water partition coefficient (Wildman–Crippen LogP) is 1.86. The molecule has 0 unspecified atom stereocenters. The van der Waals surface area contributed by atoms with Gasteiger partial charge >= 0.3 is 11.6 Å². The topological polar surface area (TPSA) is 96.6 Å². The average Bonchev–Trinajstić information content (AvgIpc) is 2.37. The van der Waals surface area contributed by atoms with Crippen molar-refractivity contribution in [2.45, 2.75) is 0 Å². The van der Waals surface area contributed by atoms with Gasteiger partial charge in [-0.1, -0.05) is 22.6 Å². The maximum Gasteiger partial charge on any atom is 0.351 e. The highest BCUT2D eigenvalue weighted by Crippen LogP contribution is 2.19. The average molecular weight is 373 g/mol. The van der Waals surface area contributed by atoms with E-state index in [4.69, 9.17) is 9.52 Å². The van der Waals surface area contributed by atoms with E-state index in [1.54, 1.807) is 12.1 Å². The zero-order valence-electron chi connectivity index (χ0n) is 9.47. The molecule has 0 aliphatic rings. The lowest BCUT2D eigenvalue weighted by molar-refractivity contribution is -0.113. The van der Waals surface area contributed by atoms with Crippen LogP contribution in [0.5, 0.6) is 0 Å². The fraction of sp³-hybridized carbons (Fsp3) is 0.0833. The number of amides is 1. The fourth-order valence-corrected chi connectivity index (χ4v) is 1.74. The molecule has 1 aromatic carbocycles. The number of rotatable bonds is 3. The van der Waals surface area contributed by atoms with Crippen molar-refractivity contribution >= 4 is 51.1 Å². The zero-order chi connectivity index (χ0) is 14.0. The van der Waals surface area contributed by atoms with Crippen LogP contribution < -0.4 is 10.9 Å². The van der Waals surface area contributed by atoms with E-state index < -0.39 is 17.2 Å². The molecule has 0 atom stereocenters. The molecule has 0 aliphatic carbocycles. The van der Waals surface area contributed by atoms with Crippen LogP contribution in [0.1, 0.15) is 10.4 Å². The summed E-state index contributed by atoms with van der Waals surface area (Å²) in [5.41, 5.74) is -0.559. The van der Waals surface area contributed by atoms with Gasteiger partial charge in [0.1, 0.15) is 11.1 Å². The molecule has 2 aromatic rings. The van der Waals surface area contributed by atoms with E-state index >= 15 is 0 Å². The molecular formula is C12H8INO5. The van der Waals surface area contributed by atoms with Gasteiger partial charge in [-0.05, 0) is 24.3 Å². The Bertz CT molecular complexity index is 722. The molecule has 0 spiro atoms. The molecule has 7 heteroatoms. The second-order valence-corrected chi connectivity index (χ2v) is 4.45. The number of benzene rings is 1. The van der Waals surface area contributed by atoms with E-state index in [0.717, 1.165) is 0 Å². The Morgan fingerprint density at radius 1 is 1.32 bits per heavy atom. The van der Waals surface area contributed by atoms with Crippen LogP contribution in [-0.4, -0.2) is 21.4 Å². The van der Waals surface area contributed by atoms with Crippen molar-refractivity contribution in [3.63, 3.8) is 0 Å². The first-order valence-corrected chi connectivity index (χ1v) is 6.71. The number of carbonyl (C=O) groups excluding carboxylic acids is 1. The van der Waals surface area contributed by atoms with Gasteiger partial charge in [0.25, 0.3) is 0 Å². The van der Waals surface area contributed by atoms with Crippen LogP contribution in [0.2, 0.25) is 0 Å². The molecule has 1 aromatic heterocycles. The number of hydrogen-bond donors (Lipinski definition) is 2. The summed E-state index contributed by atoms with van der Waals surface area (Å²) in [7, 11) is 0. The second-order valence-electron chi connectivity index (χ2n) is 3.69. The van der Waals surface area contributed by atoms with Gasteiger partial charge in [-0.3, -0.25) is 4.79 Å². The summed E-state index contributed by atoms with van der Waals surface area (Å²) in [4.78, 5) is 33.5. The Kier molecular flexibility index (Phi) is 3.84. The summed E-state index contributed by atoms with van der Waals surface area (Å²) < 4.78 is 5.20. The Labute approximate surface area is 120 Å². The van der Waals surface area contributed by atoms with Gasteiger partial charge < -0.3 is 14.8 Å². The SMILES string of the molecule is O=C(CI)Nc1ccc2oc(=O)c(C(=O)O)cc2c1. The maximum atomic E-state index is 11.4. The molecule has 6 nitrogen and oxygen atoms in total. The lowest BCUT2D eigenvalue weighted by Gasteiger charge is -2.04. The number of alkyl halides is 1. The molecule has 2 rings (SSSR count). The van der Waals surface area contributed by atoms with Gasteiger partial charge in [-0.15, -0.1) is 0 Å². The van der Waals surface area contributed by atoms with Crippen LogP contribution in [0.25, 0.3) is 11.0 Å². The summed E-state index contributed by atoms with van der Waals surface area (Å²) in [6, 6.07) is 5.86. The first-order valence-electron chi connectivity index (χ1n) is 5.18. The van der Waals surface area contributed by atoms with Gasteiger partial charge in [0.05, 0.1) is 4.43 Å². The van der Waals surface area contributed by atoms with Gasteiger partial charge in [0.15, 0.2) is 0 Å². The summed E-state index contributed by atoms with van der Waals surface area (Å²) in [6.07, 6.45) is 0. The minimum absolute atomic E-state index is 0.171. The van der Waals surface area contributed by atoms with Crippen LogP contribution in [0.15, 0.2) is 33.5 Å². The van der Waals surface area contributed by atoms with Crippen molar-refractivity contribution in [3.8, 4) is 0 Å². The zero-order valence-corrected chi connectivity index (χ0v) is 11.6. The fourth-order valence-electron chi connectivity index (χ4n) is 1.54. The quantitative estimate of drug-likeness (QED) is 0.487. The van der Waals surface area contributed by atoms with Crippen molar-refractivity contribution in [2.24, 2.45) is 0 Å². The largest absolute Gasteiger partial charge is 0.477 e. The van der Waals surface area contributed by atoms with Crippen molar-refractivity contribution < 1.29 is 19.1 Å². The standard InChI is InChI=1S/C12H8INO5/c13-5-10(15)14-7-1-2-9-6(3-7)4-8(11(16)17)12(18)19-9/h1-4H,5H2,(H,14,15)(H,16,17). The van der Waals surface area contributed by atoms with Crippen LogP contribution in [0.3, 0.4) is 0 Å². The third kappa shape index (κ3) is 2.92. The second kappa shape index (κ2) is 5.39. The van der Waals surface area contributed by atoms with Crippen LogP contribution >= 0.6 is 22.6 Å². The smallest absolute Gasteiger partial charge is 0.351 e. The van der Waals surface area contributed by atoms with Crippen molar-refractivity contribution in [2.75, 3.05) is 9.74 Å². The highest BCUT2D eigenvalue weighted by Gasteiger charge is 2.12. The van der Waals surface area contributed by atoms with Gasteiger partial charge in [-0.25, -0.2) is 9.59 Å². The lowest BCUT2D eigenvalue weighted by atomic mass is 10.1. The number of carboxylic acid groups (broad SMARTS) is 1. The van der Waals surface area contributed by atoms with Crippen LogP contribution in [-0.2, 0) is 4.79 Å². The summed E-state index contributed by atoms with van der Waals surface area (Å²) in [5, 5.41) is 11.9. The highest BCUT2D eigenvalue weighted by atomic mass is 127. The third-order valence-electron chi connectivity index (χ3n) is 2.37. The van der Waals surface area contributed by atoms with E-state index in [-0.39, 0.29) is 11.5 Å². The summed E-state index contributed by atoms with van der Waals surface area (Å²) in [5.74, 6) is -1.52. The van der Waals surface area contributed by atoms with Crippen molar-refractivity contribution in [1.29, 1.82) is 0 Å². The number of anilines is 1. The molecule has 0 fully saturated rings. The molecule has 1 amide bonds. The Hall–Kier alpha value is -1.90. The van der Waals surface area contributed by atoms with E-state index in [1.807, 2.05) is 22.6 Å². The number of nitrogens with one attached hydrogen (secondary N) is 1. The molecule has 0 saturated carbocycles. The summed E-state index contributed by atoms with van der Waals surface area (Å²) >= 11 is 1.93. The Morgan fingerprint density at radius 3 is 2.68 bits per heavy atom. The number of carbonyl (C=O) groups is 2. The molecule has 98 valence electrons. The van der Waals surface area contributed by atoms with E-state index in [0.29, 0.717) is 15.5 Å².